The van der Waals surface area contributed by atoms with Crippen molar-refractivity contribution in [1.29, 1.82) is 0 Å². The molecule has 0 spiro atoms. The molecule has 128 valence electrons. The summed E-state index contributed by atoms with van der Waals surface area (Å²) in [5.41, 5.74) is -1.03. The molecule has 0 aromatic heterocycles. The molecular formula is C13H22Cl3NO4Si. The summed E-state index contributed by atoms with van der Waals surface area (Å²) in [5.74, 6) is -0.422. The molecule has 1 aliphatic heterocycles. The number of ether oxygens (including phenoxy) is 1. The number of ketones is 1. The molecule has 0 aromatic carbocycles. The van der Waals surface area contributed by atoms with Gasteiger partial charge in [0.15, 0.2) is 6.10 Å². The third-order valence-corrected chi connectivity index (χ3v) is 4.79. The maximum absolute atomic E-state index is 12.0. The summed E-state index contributed by atoms with van der Waals surface area (Å²) < 4.78 is 4.98. The number of carbonyl (C=O) groups is 2. The molecule has 0 aromatic rings. The van der Waals surface area contributed by atoms with E-state index < -0.39 is 29.2 Å². The Hall–Kier alpha value is 0.147. The highest BCUT2D eigenvalue weighted by atomic mass is 35.8. The highest BCUT2D eigenvalue weighted by Gasteiger charge is 2.47. The van der Waals surface area contributed by atoms with E-state index in [1.165, 1.54) is 0 Å². The molecule has 0 radical (unpaired) electrons. The normalized spacial score (nSPS) is 23.2. The van der Waals surface area contributed by atoms with Gasteiger partial charge < -0.3 is 4.74 Å². The highest BCUT2D eigenvalue weighted by molar-refractivity contribution is 7.64. The molecule has 0 amide bonds. The second kappa shape index (κ2) is 6.95. The zero-order valence-corrected chi connectivity index (χ0v) is 16.7. The van der Waals surface area contributed by atoms with Crippen LogP contribution < -0.4 is 0 Å². The number of nitrogens with zero attached hydrogens (tertiary/aromatic N) is 1. The van der Waals surface area contributed by atoms with Crippen LogP contribution in [0.25, 0.3) is 0 Å². The highest BCUT2D eigenvalue weighted by Crippen LogP contribution is 2.37. The SMILES string of the molecule is CC(ON1C(C)(C)CC(=O)CC1(C)C)C(=O)OC[Si](Cl)(Cl)Cl. The van der Waals surface area contributed by atoms with Crippen LogP contribution >= 0.6 is 33.2 Å². The van der Waals surface area contributed by atoms with E-state index in [9.17, 15) is 9.59 Å². The minimum Gasteiger partial charge on any atom is -0.463 e. The number of esters is 1. The third kappa shape index (κ3) is 5.65. The first-order chi connectivity index (χ1) is 9.74. The lowest BCUT2D eigenvalue weighted by molar-refractivity contribution is -0.293. The van der Waals surface area contributed by atoms with Crippen molar-refractivity contribution in [1.82, 2.24) is 5.06 Å². The average molecular weight is 391 g/mol. The van der Waals surface area contributed by atoms with E-state index in [0.29, 0.717) is 12.8 Å². The van der Waals surface area contributed by atoms with Gasteiger partial charge in [0.1, 0.15) is 12.0 Å². The minimum absolute atomic E-state index is 0.173. The molecule has 0 bridgehead atoms. The molecule has 1 heterocycles. The number of carbonyl (C=O) groups excluding carboxylic acids is 2. The van der Waals surface area contributed by atoms with Crippen LogP contribution in [0.2, 0.25) is 0 Å². The van der Waals surface area contributed by atoms with Crippen LogP contribution in [0.5, 0.6) is 0 Å². The largest absolute Gasteiger partial charge is 0.463 e. The van der Waals surface area contributed by atoms with Crippen LogP contribution in [0.3, 0.4) is 0 Å². The zero-order chi connectivity index (χ0) is 17.3. The van der Waals surface area contributed by atoms with Gasteiger partial charge in [-0.2, -0.15) is 5.06 Å². The monoisotopic (exact) mass is 389 g/mol. The van der Waals surface area contributed by atoms with Gasteiger partial charge in [-0.1, -0.05) is 0 Å². The van der Waals surface area contributed by atoms with Gasteiger partial charge in [0, 0.05) is 23.9 Å². The fourth-order valence-corrected chi connectivity index (χ4v) is 3.54. The predicted molar refractivity (Wildman–Crippen MR) is 89.1 cm³/mol. The summed E-state index contributed by atoms with van der Waals surface area (Å²) in [5, 5.41) is 1.71. The van der Waals surface area contributed by atoms with Gasteiger partial charge in [-0.05, 0) is 34.6 Å². The average Bonchev–Trinajstić information content (AvgIpc) is 2.27. The summed E-state index contributed by atoms with van der Waals surface area (Å²) in [6.07, 6.45) is -0.346. The Kier molecular flexibility index (Phi) is 6.38. The van der Waals surface area contributed by atoms with E-state index in [0.717, 1.165) is 0 Å². The van der Waals surface area contributed by atoms with Crippen molar-refractivity contribution >= 4 is 51.0 Å². The Morgan fingerprint density at radius 2 is 1.68 bits per heavy atom. The third-order valence-electron chi connectivity index (χ3n) is 3.33. The maximum Gasteiger partial charge on any atom is 0.378 e. The van der Waals surface area contributed by atoms with Crippen molar-refractivity contribution in [2.75, 3.05) is 6.23 Å². The molecule has 1 saturated heterocycles. The number of piperidine rings is 1. The van der Waals surface area contributed by atoms with Gasteiger partial charge in [-0.15, -0.1) is 33.2 Å². The number of hydrogen-bond donors (Lipinski definition) is 0. The van der Waals surface area contributed by atoms with Gasteiger partial charge in [-0.3, -0.25) is 9.63 Å². The molecular weight excluding hydrogens is 369 g/mol. The molecule has 0 aliphatic carbocycles. The molecule has 1 aliphatic rings. The maximum atomic E-state index is 12.0. The van der Waals surface area contributed by atoms with E-state index in [4.69, 9.17) is 42.8 Å². The second-order valence-electron chi connectivity index (χ2n) is 6.78. The molecule has 22 heavy (non-hydrogen) atoms. The molecule has 1 unspecified atom stereocenters. The first kappa shape index (κ1) is 20.2. The Morgan fingerprint density at radius 1 is 1.23 bits per heavy atom. The van der Waals surface area contributed by atoms with E-state index in [1.807, 2.05) is 27.7 Å². The van der Waals surface area contributed by atoms with Crippen molar-refractivity contribution in [2.45, 2.75) is 64.6 Å². The Bertz CT molecular complexity index is 431. The number of Topliss-reactive ketones (excluding diaryl/α,β-unsaturated/α-hetero) is 1. The molecule has 0 saturated carbocycles. The molecule has 0 N–H and O–H groups in total. The van der Waals surface area contributed by atoms with Crippen molar-refractivity contribution in [3.05, 3.63) is 0 Å². The summed E-state index contributed by atoms with van der Waals surface area (Å²) >= 11 is 17.1. The molecule has 1 rings (SSSR count). The fraction of sp³-hybridized carbons (Fsp3) is 0.846. The first-order valence-corrected chi connectivity index (χ1v) is 12.2. The zero-order valence-electron chi connectivity index (χ0n) is 13.4. The predicted octanol–water partition coefficient (Wildman–Crippen LogP) is 3.27. The van der Waals surface area contributed by atoms with Crippen molar-refractivity contribution in [3.8, 4) is 0 Å². The van der Waals surface area contributed by atoms with E-state index >= 15 is 0 Å². The standard InChI is InChI=1S/C13H22Cl3NO4Si/c1-9(11(19)20-8-22(14,15)16)21-17-12(2,3)6-10(18)7-13(17,4)5/h9H,6-8H2,1-5H3. The van der Waals surface area contributed by atoms with Crippen LogP contribution in [0, 0.1) is 0 Å². The number of hydroxylamine groups is 2. The van der Waals surface area contributed by atoms with Gasteiger partial charge >= 0.3 is 12.0 Å². The van der Waals surface area contributed by atoms with Gasteiger partial charge in [0.25, 0.3) is 0 Å². The van der Waals surface area contributed by atoms with E-state index in [1.54, 1.807) is 12.0 Å². The summed E-state index contributed by atoms with van der Waals surface area (Å²) in [6.45, 7) is 9.18. The van der Waals surface area contributed by atoms with Crippen molar-refractivity contribution < 1.29 is 19.2 Å². The van der Waals surface area contributed by atoms with Crippen LogP contribution in [-0.2, 0) is 19.2 Å². The number of hydrogen-bond acceptors (Lipinski definition) is 5. The summed E-state index contributed by atoms with van der Waals surface area (Å²) in [4.78, 5) is 29.6. The lowest BCUT2D eigenvalue weighted by atomic mass is 9.81. The topological polar surface area (TPSA) is 55.8 Å². The fourth-order valence-electron chi connectivity index (χ4n) is 2.75. The van der Waals surface area contributed by atoms with Crippen molar-refractivity contribution in [2.24, 2.45) is 0 Å². The quantitative estimate of drug-likeness (QED) is 0.410. The molecule has 1 fully saturated rings. The lowest BCUT2D eigenvalue weighted by Gasteiger charge is -2.51. The minimum atomic E-state index is -3.02. The van der Waals surface area contributed by atoms with E-state index in [2.05, 4.69) is 0 Å². The molecule has 5 nitrogen and oxygen atoms in total. The Balaban J connectivity index is 2.74. The van der Waals surface area contributed by atoms with Crippen LogP contribution in [0.15, 0.2) is 0 Å². The Labute approximate surface area is 146 Å². The van der Waals surface area contributed by atoms with E-state index in [-0.39, 0.29) is 12.0 Å². The molecule has 1 atom stereocenters. The smallest absolute Gasteiger partial charge is 0.378 e. The summed E-state index contributed by atoms with van der Waals surface area (Å²) in [7, 11) is 0. The van der Waals surface area contributed by atoms with Crippen LogP contribution in [-0.4, -0.2) is 46.2 Å². The Morgan fingerprint density at radius 3 is 2.09 bits per heavy atom. The van der Waals surface area contributed by atoms with Crippen LogP contribution in [0.1, 0.15) is 47.5 Å². The lowest BCUT2D eigenvalue weighted by Crippen LogP contribution is -2.61. The van der Waals surface area contributed by atoms with Gasteiger partial charge in [-0.25, -0.2) is 4.79 Å². The number of rotatable bonds is 5. The van der Waals surface area contributed by atoms with Gasteiger partial charge in [0.2, 0.25) is 0 Å². The van der Waals surface area contributed by atoms with Crippen molar-refractivity contribution in [3.63, 3.8) is 0 Å². The first-order valence-electron chi connectivity index (χ1n) is 6.97. The number of halogens is 3. The summed E-state index contributed by atoms with van der Waals surface area (Å²) in [6, 6.07) is -3.02. The second-order valence-corrected chi connectivity index (χ2v) is 15.8. The molecule has 9 heteroatoms. The van der Waals surface area contributed by atoms with Crippen LogP contribution in [0.4, 0.5) is 0 Å². The van der Waals surface area contributed by atoms with Gasteiger partial charge in [0.05, 0.1) is 0 Å².